The molecule has 3 rings (SSSR count). The molecular weight excluding hydrogens is 292 g/mol. The Kier molecular flexibility index (Phi) is 4.87. The lowest BCUT2D eigenvalue weighted by atomic mass is 9.96. The molecular formula is C18H26N2O3. The number of benzene rings is 1. The standard InChI is InChI=1S/C18H26N2O3/c1-18(2)13-20(9-10-23-18)8-7-19-17(21)15-11-14-5-3-4-6-16(14)22-12-15/h3-6,15H,7-13H2,1-2H3,(H,19,21)/t15-/m0/s1. The van der Waals surface area contributed by atoms with Crippen molar-refractivity contribution in [3.63, 3.8) is 0 Å². The van der Waals surface area contributed by atoms with Gasteiger partial charge in [-0.1, -0.05) is 18.2 Å². The van der Waals surface area contributed by atoms with Crippen molar-refractivity contribution >= 4 is 5.91 Å². The topological polar surface area (TPSA) is 50.8 Å². The van der Waals surface area contributed by atoms with Crippen LogP contribution in [0.5, 0.6) is 5.75 Å². The van der Waals surface area contributed by atoms with Crippen LogP contribution in [0.2, 0.25) is 0 Å². The molecule has 2 aliphatic heterocycles. The Morgan fingerprint density at radius 3 is 3.04 bits per heavy atom. The van der Waals surface area contributed by atoms with E-state index in [0.717, 1.165) is 44.0 Å². The Labute approximate surface area is 137 Å². The molecule has 0 radical (unpaired) electrons. The van der Waals surface area contributed by atoms with Crippen LogP contribution in [0.15, 0.2) is 24.3 Å². The Morgan fingerprint density at radius 2 is 2.22 bits per heavy atom. The van der Waals surface area contributed by atoms with Gasteiger partial charge in [-0.25, -0.2) is 0 Å². The van der Waals surface area contributed by atoms with Crippen molar-refractivity contribution in [1.29, 1.82) is 0 Å². The van der Waals surface area contributed by atoms with Gasteiger partial charge in [-0.15, -0.1) is 0 Å². The van der Waals surface area contributed by atoms with Gasteiger partial charge in [0.15, 0.2) is 0 Å². The van der Waals surface area contributed by atoms with Gasteiger partial charge in [0.2, 0.25) is 5.91 Å². The predicted octanol–water partition coefficient (Wildman–Crippen LogP) is 1.46. The third kappa shape index (κ3) is 4.24. The smallest absolute Gasteiger partial charge is 0.226 e. The average molecular weight is 318 g/mol. The molecule has 5 nitrogen and oxygen atoms in total. The van der Waals surface area contributed by atoms with Crippen molar-refractivity contribution < 1.29 is 14.3 Å². The van der Waals surface area contributed by atoms with Crippen LogP contribution in [0.1, 0.15) is 19.4 Å². The van der Waals surface area contributed by atoms with Crippen molar-refractivity contribution in [2.24, 2.45) is 5.92 Å². The number of nitrogens with zero attached hydrogens (tertiary/aromatic N) is 1. The van der Waals surface area contributed by atoms with Crippen LogP contribution in [0.4, 0.5) is 0 Å². The molecule has 0 spiro atoms. The molecule has 1 aromatic rings. The maximum atomic E-state index is 12.3. The molecule has 1 aromatic carbocycles. The molecule has 0 bridgehead atoms. The van der Waals surface area contributed by atoms with Crippen molar-refractivity contribution in [3.05, 3.63) is 29.8 Å². The maximum Gasteiger partial charge on any atom is 0.226 e. The molecule has 5 heteroatoms. The van der Waals surface area contributed by atoms with Crippen LogP contribution >= 0.6 is 0 Å². The molecule has 2 heterocycles. The zero-order valence-electron chi connectivity index (χ0n) is 14.0. The van der Waals surface area contributed by atoms with Gasteiger partial charge < -0.3 is 14.8 Å². The third-order valence-corrected chi connectivity index (χ3v) is 4.48. The number of hydrogen-bond acceptors (Lipinski definition) is 4. The summed E-state index contributed by atoms with van der Waals surface area (Å²) in [5.74, 6) is 0.908. The molecule has 1 atom stereocenters. The summed E-state index contributed by atoms with van der Waals surface area (Å²) in [6.07, 6.45) is 0.757. The zero-order chi connectivity index (χ0) is 16.3. The van der Waals surface area contributed by atoms with Crippen LogP contribution in [0, 0.1) is 5.92 Å². The van der Waals surface area contributed by atoms with E-state index < -0.39 is 0 Å². The highest BCUT2D eigenvalue weighted by atomic mass is 16.5. The Morgan fingerprint density at radius 1 is 1.39 bits per heavy atom. The van der Waals surface area contributed by atoms with Gasteiger partial charge in [-0.2, -0.15) is 0 Å². The molecule has 0 unspecified atom stereocenters. The average Bonchev–Trinajstić information content (AvgIpc) is 2.53. The van der Waals surface area contributed by atoms with Crippen molar-refractivity contribution in [2.45, 2.75) is 25.9 Å². The lowest BCUT2D eigenvalue weighted by Crippen LogP contribution is -2.50. The van der Waals surface area contributed by atoms with Gasteiger partial charge >= 0.3 is 0 Å². The highest BCUT2D eigenvalue weighted by molar-refractivity contribution is 5.79. The van der Waals surface area contributed by atoms with E-state index in [-0.39, 0.29) is 17.4 Å². The molecule has 0 aliphatic carbocycles. The molecule has 1 fully saturated rings. The predicted molar refractivity (Wildman–Crippen MR) is 88.6 cm³/mol. The monoisotopic (exact) mass is 318 g/mol. The molecule has 1 N–H and O–H groups in total. The fourth-order valence-electron chi connectivity index (χ4n) is 3.28. The van der Waals surface area contributed by atoms with E-state index in [4.69, 9.17) is 9.47 Å². The molecule has 1 amide bonds. The second-order valence-corrected chi connectivity index (χ2v) is 7.00. The Hall–Kier alpha value is -1.59. The fourth-order valence-corrected chi connectivity index (χ4v) is 3.28. The first-order chi connectivity index (χ1) is 11.0. The number of carbonyl (C=O) groups excluding carboxylic acids is 1. The molecule has 0 aromatic heterocycles. The van der Waals surface area contributed by atoms with Crippen molar-refractivity contribution in [3.8, 4) is 5.75 Å². The summed E-state index contributed by atoms with van der Waals surface area (Å²) in [4.78, 5) is 14.7. The van der Waals surface area contributed by atoms with Gasteiger partial charge in [0.05, 0.1) is 18.1 Å². The van der Waals surface area contributed by atoms with Gasteiger partial charge in [0.25, 0.3) is 0 Å². The first-order valence-corrected chi connectivity index (χ1v) is 8.38. The molecule has 23 heavy (non-hydrogen) atoms. The summed E-state index contributed by atoms with van der Waals surface area (Å²) in [5, 5.41) is 3.06. The van der Waals surface area contributed by atoms with E-state index in [1.54, 1.807) is 0 Å². The first-order valence-electron chi connectivity index (χ1n) is 8.38. The summed E-state index contributed by atoms with van der Waals surface area (Å²) in [6, 6.07) is 7.94. The summed E-state index contributed by atoms with van der Waals surface area (Å²) >= 11 is 0. The minimum absolute atomic E-state index is 0.0898. The molecule has 1 saturated heterocycles. The highest BCUT2D eigenvalue weighted by Crippen LogP contribution is 2.26. The summed E-state index contributed by atoms with van der Waals surface area (Å²) < 4.78 is 11.4. The molecule has 0 saturated carbocycles. The number of ether oxygens (including phenoxy) is 2. The highest BCUT2D eigenvalue weighted by Gasteiger charge is 2.28. The lowest BCUT2D eigenvalue weighted by Gasteiger charge is -2.38. The van der Waals surface area contributed by atoms with E-state index >= 15 is 0 Å². The summed E-state index contributed by atoms with van der Waals surface area (Å²) in [7, 11) is 0. The minimum atomic E-state index is -0.0941. The van der Waals surface area contributed by atoms with Crippen molar-refractivity contribution in [1.82, 2.24) is 10.2 Å². The van der Waals surface area contributed by atoms with Gasteiger partial charge in [-0.3, -0.25) is 9.69 Å². The Bertz CT molecular complexity index is 559. The SMILES string of the molecule is CC1(C)CN(CCNC(=O)[C@@H]2COc3ccccc3C2)CCO1. The van der Waals surface area contributed by atoms with Crippen LogP contribution in [0.25, 0.3) is 0 Å². The summed E-state index contributed by atoms with van der Waals surface area (Å²) in [6.45, 7) is 8.81. The van der Waals surface area contributed by atoms with Gasteiger partial charge in [0, 0.05) is 26.2 Å². The number of amides is 1. The van der Waals surface area contributed by atoms with Crippen LogP contribution in [-0.4, -0.2) is 55.8 Å². The van der Waals surface area contributed by atoms with E-state index in [9.17, 15) is 4.79 Å². The molecule has 126 valence electrons. The summed E-state index contributed by atoms with van der Waals surface area (Å²) in [5.41, 5.74) is 1.03. The third-order valence-electron chi connectivity index (χ3n) is 4.48. The second kappa shape index (κ2) is 6.89. The second-order valence-electron chi connectivity index (χ2n) is 7.00. The van der Waals surface area contributed by atoms with E-state index in [1.165, 1.54) is 0 Å². The van der Waals surface area contributed by atoms with Crippen LogP contribution in [0.3, 0.4) is 0 Å². The first kappa shape index (κ1) is 16.3. The van der Waals surface area contributed by atoms with E-state index in [2.05, 4.69) is 24.1 Å². The lowest BCUT2D eigenvalue weighted by molar-refractivity contribution is -0.126. The number of hydrogen-bond donors (Lipinski definition) is 1. The number of fused-ring (bicyclic) bond motifs is 1. The number of rotatable bonds is 4. The molecule has 2 aliphatic rings. The maximum absolute atomic E-state index is 12.3. The Balaban J connectivity index is 1.44. The van der Waals surface area contributed by atoms with Crippen molar-refractivity contribution in [2.75, 3.05) is 39.4 Å². The van der Waals surface area contributed by atoms with E-state index in [1.807, 2.05) is 24.3 Å². The van der Waals surface area contributed by atoms with Gasteiger partial charge in [-0.05, 0) is 31.9 Å². The quantitative estimate of drug-likeness (QED) is 0.913. The largest absolute Gasteiger partial charge is 0.492 e. The van der Waals surface area contributed by atoms with Gasteiger partial charge in [0.1, 0.15) is 12.4 Å². The zero-order valence-corrected chi connectivity index (χ0v) is 14.0. The fraction of sp³-hybridized carbons (Fsp3) is 0.611. The van der Waals surface area contributed by atoms with Crippen LogP contribution < -0.4 is 10.1 Å². The number of para-hydroxylation sites is 1. The minimum Gasteiger partial charge on any atom is -0.492 e. The number of carbonyl (C=O) groups is 1. The number of morpholine rings is 1. The number of nitrogens with one attached hydrogen (secondary N) is 1. The van der Waals surface area contributed by atoms with E-state index in [0.29, 0.717) is 13.2 Å². The normalized spacial score (nSPS) is 23.7. The van der Waals surface area contributed by atoms with Crippen LogP contribution in [-0.2, 0) is 16.0 Å².